The molecule has 1 N–H and O–H groups in total. The lowest BCUT2D eigenvalue weighted by molar-refractivity contribution is -0.114. The van der Waals surface area contributed by atoms with Gasteiger partial charge in [0, 0.05) is 33.3 Å². The monoisotopic (exact) mass is 279 g/mol. The molecular weight excluding hydrogens is 262 g/mol. The number of nitrogens with one attached hydrogen (secondary N) is 1. The van der Waals surface area contributed by atoms with Gasteiger partial charge in [-0.05, 0) is 6.07 Å². The number of rotatable bonds is 2. The highest BCUT2D eigenvalue weighted by Crippen LogP contribution is 2.10. The molecule has 0 atom stereocenters. The zero-order valence-electron chi connectivity index (χ0n) is 11.5. The van der Waals surface area contributed by atoms with Crippen LogP contribution in [0.4, 0.5) is 5.69 Å². The van der Waals surface area contributed by atoms with Crippen LogP contribution in [0.15, 0.2) is 17.1 Å². The molecule has 2 heterocycles. The van der Waals surface area contributed by atoms with Gasteiger partial charge in [0.25, 0.3) is 11.5 Å². The molecule has 1 aromatic heterocycles. The van der Waals surface area contributed by atoms with E-state index in [0.717, 1.165) is 0 Å². The summed E-state index contributed by atoms with van der Waals surface area (Å²) in [5.74, 6) is -0.520. The van der Waals surface area contributed by atoms with E-state index >= 15 is 0 Å². The number of nitrogens with zero attached hydrogens (tertiary/aromatic N) is 2. The molecule has 0 spiro atoms. The predicted molar refractivity (Wildman–Crippen MR) is 72.7 cm³/mol. The van der Waals surface area contributed by atoms with Crippen molar-refractivity contribution >= 4 is 17.5 Å². The second-order valence-electron chi connectivity index (χ2n) is 4.64. The Balaban J connectivity index is 2.31. The van der Waals surface area contributed by atoms with E-state index < -0.39 is 0 Å². The van der Waals surface area contributed by atoms with Gasteiger partial charge in [0.1, 0.15) is 5.69 Å². The third-order valence-corrected chi connectivity index (χ3v) is 3.04. The van der Waals surface area contributed by atoms with Crippen LogP contribution in [0.3, 0.4) is 0 Å². The molecule has 2 amide bonds. The summed E-state index contributed by atoms with van der Waals surface area (Å²) in [5.41, 5.74) is 0.135. The maximum absolute atomic E-state index is 12.3. The Morgan fingerprint density at radius 2 is 1.95 bits per heavy atom. The molecule has 20 heavy (non-hydrogen) atoms. The first-order valence-corrected chi connectivity index (χ1v) is 6.34. The highest BCUT2D eigenvalue weighted by Gasteiger charge is 2.20. The van der Waals surface area contributed by atoms with Crippen LogP contribution in [0.2, 0.25) is 0 Å². The van der Waals surface area contributed by atoms with E-state index in [1.165, 1.54) is 23.8 Å². The first-order chi connectivity index (χ1) is 9.49. The summed E-state index contributed by atoms with van der Waals surface area (Å²) >= 11 is 0. The summed E-state index contributed by atoms with van der Waals surface area (Å²) in [6.45, 7) is 3.39. The fourth-order valence-electron chi connectivity index (χ4n) is 2.06. The van der Waals surface area contributed by atoms with E-state index in [1.807, 2.05) is 0 Å². The van der Waals surface area contributed by atoms with Crippen molar-refractivity contribution in [1.82, 2.24) is 9.47 Å². The van der Waals surface area contributed by atoms with Gasteiger partial charge in [-0.3, -0.25) is 14.4 Å². The highest BCUT2D eigenvalue weighted by atomic mass is 16.5. The quantitative estimate of drug-likeness (QED) is 0.814. The van der Waals surface area contributed by atoms with Crippen molar-refractivity contribution in [1.29, 1.82) is 0 Å². The lowest BCUT2D eigenvalue weighted by Crippen LogP contribution is -2.41. The van der Waals surface area contributed by atoms with Gasteiger partial charge in [-0.25, -0.2) is 0 Å². The summed E-state index contributed by atoms with van der Waals surface area (Å²) < 4.78 is 6.49. The molecular formula is C13H17N3O4. The number of hydrogen-bond acceptors (Lipinski definition) is 4. The van der Waals surface area contributed by atoms with Gasteiger partial charge in [0.05, 0.1) is 18.8 Å². The van der Waals surface area contributed by atoms with Crippen LogP contribution in [0.1, 0.15) is 17.3 Å². The van der Waals surface area contributed by atoms with Crippen molar-refractivity contribution in [2.24, 2.45) is 7.05 Å². The van der Waals surface area contributed by atoms with Crippen LogP contribution in [-0.2, 0) is 16.6 Å². The molecule has 7 heteroatoms. The molecule has 0 unspecified atom stereocenters. The standard InChI is InChI=1S/C13H17N3O4/c1-9(17)14-11-7-10(8-15(2)13(11)19)12(18)16-3-5-20-6-4-16/h7-8H,3-6H2,1-2H3,(H,14,17). The number of pyridine rings is 1. The molecule has 0 radical (unpaired) electrons. The minimum absolute atomic E-state index is 0.110. The van der Waals surface area contributed by atoms with Gasteiger partial charge in [0.2, 0.25) is 5.91 Å². The average molecular weight is 279 g/mol. The number of amides is 2. The van der Waals surface area contributed by atoms with Gasteiger partial charge in [-0.2, -0.15) is 0 Å². The maximum Gasteiger partial charge on any atom is 0.274 e. The van der Waals surface area contributed by atoms with E-state index in [2.05, 4.69) is 5.32 Å². The first kappa shape index (κ1) is 14.3. The summed E-state index contributed by atoms with van der Waals surface area (Å²) in [5, 5.41) is 2.44. The van der Waals surface area contributed by atoms with Crippen molar-refractivity contribution in [3.63, 3.8) is 0 Å². The number of hydrogen-bond donors (Lipinski definition) is 1. The van der Waals surface area contributed by atoms with Crippen LogP contribution >= 0.6 is 0 Å². The minimum atomic E-state index is -0.349. The second kappa shape index (κ2) is 5.87. The average Bonchev–Trinajstić information content (AvgIpc) is 2.43. The number of carbonyl (C=O) groups is 2. The van der Waals surface area contributed by atoms with Crippen LogP contribution in [0.25, 0.3) is 0 Å². The summed E-state index contributed by atoms with van der Waals surface area (Å²) in [4.78, 5) is 37.0. The Morgan fingerprint density at radius 1 is 1.30 bits per heavy atom. The third-order valence-electron chi connectivity index (χ3n) is 3.04. The maximum atomic E-state index is 12.3. The molecule has 108 valence electrons. The molecule has 0 aliphatic carbocycles. The van der Waals surface area contributed by atoms with E-state index in [0.29, 0.717) is 31.9 Å². The second-order valence-corrected chi connectivity index (χ2v) is 4.64. The van der Waals surface area contributed by atoms with Gasteiger partial charge in [-0.15, -0.1) is 0 Å². The summed E-state index contributed by atoms with van der Waals surface area (Å²) in [6.07, 6.45) is 1.48. The van der Waals surface area contributed by atoms with Crippen molar-refractivity contribution < 1.29 is 14.3 Å². The Labute approximate surface area is 116 Å². The topological polar surface area (TPSA) is 80.6 Å². The van der Waals surface area contributed by atoms with Crippen LogP contribution in [-0.4, -0.2) is 47.6 Å². The highest BCUT2D eigenvalue weighted by molar-refractivity contribution is 5.96. The number of morpholine rings is 1. The number of ether oxygens (including phenoxy) is 1. The van der Waals surface area contributed by atoms with E-state index in [9.17, 15) is 14.4 Å². The number of aryl methyl sites for hydroxylation is 1. The predicted octanol–water partition coefficient (Wildman–Crippen LogP) is -0.184. The molecule has 2 rings (SSSR count). The fourth-order valence-corrected chi connectivity index (χ4v) is 2.06. The van der Waals surface area contributed by atoms with E-state index in [1.54, 1.807) is 11.9 Å². The first-order valence-electron chi connectivity index (χ1n) is 6.34. The normalized spacial score (nSPS) is 15.0. The van der Waals surface area contributed by atoms with Crippen LogP contribution in [0, 0.1) is 0 Å². The molecule has 1 aliphatic rings. The molecule has 0 bridgehead atoms. The lowest BCUT2D eigenvalue weighted by atomic mass is 10.2. The van der Waals surface area contributed by atoms with Crippen molar-refractivity contribution in [3.8, 4) is 0 Å². The summed E-state index contributed by atoms with van der Waals surface area (Å²) in [6, 6.07) is 1.42. The van der Waals surface area contributed by atoms with Crippen LogP contribution < -0.4 is 10.9 Å². The Bertz CT molecular complexity index is 588. The van der Waals surface area contributed by atoms with Gasteiger partial charge in [0.15, 0.2) is 0 Å². The largest absolute Gasteiger partial charge is 0.378 e. The number of anilines is 1. The van der Waals surface area contributed by atoms with Crippen molar-refractivity contribution in [3.05, 3.63) is 28.2 Å². The Hall–Kier alpha value is -2.15. The molecule has 7 nitrogen and oxygen atoms in total. The molecule has 1 aliphatic heterocycles. The van der Waals surface area contributed by atoms with Crippen molar-refractivity contribution in [2.75, 3.05) is 31.6 Å². The van der Waals surface area contributed by atoms with E-state index in [4.69, 9.17) is 4.74 Å². The third kappa shape index (κ3) is 3.05. The molecule has 1 fully saturated rings. The fraction of sp³-hybridized carbons (Fsp3) is 0.462. The minimum Gasteiger partial charge on any atom is -0.378 e. The Morgan fingerprint density at radius 3 is 2.55 bits per heavy atom. The number of carbonyl (C=O) groups excluding carboxylic acids is 2. The molecule has 0 saturated carbocycles. The van der Waals surface area contributed by atoms with Gasteiger partial charge < -0.3 is 19.5 Å². The van der Waals surface area contributed by atoms with Crippen LogP contribution in [0.5, 0.6) is 0 Å². The van der Waals surface area contributed by atoms with Gasteiger partial charge >= 0.3 is 0 Å². The molecule has 1 saturated heterocycles. The van der Waals surface area contributed by atoms with Gasteiger partial charge in [-0.1, -0.05) is 0 Å². The number of aromatic nitrogens is 1. The van der Waals surface area contributed by atoms with Crippen molar-refractivity contribution in [2.45, 2.75) is 6.92 Å². The zero-order chi connectivity index (χ0) is 14.7. The Kier molecular flexibility index (Phi) is 4.19. The van der Waals surface area contributed by atoms with E-state index in [-0.39, 0.29) is 23.1 Å². The lowest BCUT2D eigenvalue weighted by Gasteiger charge is -2.27. The smallest absolute Gasteiger partial charge is 0.274 e. The zero-order valence-corrected chi connectivity index (χ0v) is 11.5. The molecule has 1 aromatic rings. The molecule has 0 aromatic carbocycles. The summed E-state index contributed by atoms with van der Waals surface area (Å²) in [7, 11) is 1.55. The SMILES string of the molecule is CC(=O)Nc1cc(C(=O)N2CCOCC2)cn(C)c1=O.